The molecule has 2 aromatic rings. The fraction of sp³-hybridized carbons (Fsp3) is 0.524. The molecule has 3 N–H and O–H groups in total. The number of likely N-dealkylation sites (tertiary alicyclic amines) is 1. The largest absolute Gasteiger partial charge is 0.496 e. The van der Waals surface area contributed by atoms with Crippen LogP contribution in [0.1, 0.15) is 24.8 Å². The number of fused-ring (bicyclic) bond motifs is 2. The number of nitrogens with zero attached hydrogens (tertiary/aromatic N) is 2. The first kappa shape index (κ1) is 18.2. The number of hydrogen-bond donors (Lipinski definition) is 3. The molecule has 0 spiro atoms. The lowest BCUT2D eigenvalue weighted by atomic mass is 9.75. The number of methoxy groups -OCH3 is 1. The molecule has 2 heterocycles. The molecule has 146 valence electrons. The molecule has 2 atom stereocenters. The molecule has 0 amide bonds. The summed E-state index contributed by atoms with van der Waals surface area (Å²) in [5.41, 5.74) is 0.0990. The van der Waals surface area contributed by atoms with E-state index in [0.29, 0.717) is 6.54 Å². The van der Waals surface area contributed by atoms with Crippen molar-refractivity contribution in [2.24, 2.45) is 11.8 Å². The third-order valence-electron chi connectivity index (χ3n) is 6.39. The Morgan fingerprint density at radius 2 is 1.63 bits per heavy atom. The van der Waals surface area contributed by atoms with E-state index in [1.807, 2.05) is 24.3 Å². The van der Waals surface area contributed by atoms with Crippen LogP contribution in [0, 0.1) is 11.8 Å². The summed E-state index contributed by atoms with van der Waals surface area (Å²) in [6, 6.07) is 10.8. The van der Waals surface area contributed by atoms with Gasteiger partial charge in [0.25, 0.3) is 0 Å². The first-order valence-corrected chi connectivity index (χ1v) is 9.69. The van der Waals surface area contributed by atoms with Gasteiger partial charge in [-0.1, -0.05) is 18.2 Å². The van der Waals surface area contributed by atoms with Gasteiger partial charge in [0.1, 0.15) is 11.4 Å². The molecule has 1 saturated heterocycles. The van der Waals surface area contributed by atoms with E-state index in [1.54, 1.807) is 7.11 Å². The van der Waals surface area contributed by atoms with Crippen LogP contribution in [0.25, 0.3) is 0 Å². The zero-order valence-electron chi connectivity index (χ0n) is 15.7. The van der Waals surface area contributed by atoms with E-state index in [9.17, 15) is 15.3 Å². The monoisotopic (exact) mass is 372 g/mol. The van der Waals surface area contributed by atoms with Gasteiger partial charge in [0.15, 0.2) is 11.8 Å². The molecule has 1 aliphatic heterocycles. The third kappa shape index (κ3) is 3.07. The zero-order chi connectivity index (χ0) is 19.0. The maximum atomic E-state index is 11.6. The fourth-order valence-corrected chi connectivity index (χ4v) is 5.06. The topological polar surface area (TPSA) is 78.1 Å². The number of piperidine rings is 1. The fourth-order valence-electron chi connectivity index (χ4n) is 5.06. The van der Waals surface area contributed by atoms with Crippen LogP contribution in [0.3, 0.4) is 0 Å². The van der Waals surface area contributed by atoms with Crippen LogP contribution in [0.4, 0.5) is 0 Å². The highest BCUT2D eigenvalue weighted by Gasteiger charge is 2.54. The van der Waals surface area contributed by atoms with Gasteiger partial charge in [-0.3, -0.25) is 4.57 Å². The molecule has 4 rings (SSSR count). The van der Waals surface area contributed by atoms with E-state index in [1.165, 1.54) is 16.7 Å². The average Bonchev–Trinajstić information content (AvgIpc) is 3.05. The summed E-state index contributed by atoms with van der Waals surface area (Å²) < 4.78 is 7.04. The van der Waals surface area contributed by atoms with Crippen LogP contribution in [-0.4, -0.2) is 51.5 Å². The summed E-state index contributed by atoms with van der Waals surface area (Å²) in [6.45, 7) is 3.17. The summed E-state index contributed by atoms with van der Waals surface area (Å²) in [5, 5.41) is 31.1. The van der Waals surface area contributed by atoms with Crippen molar-refractivity contribution in [3.05, 3.63) is 42.0 Å². The molecule has 2 unspecified atom stereocenters. The van der Waals surface area contributed by atoms with Gasteiger partial charge >= 0.3 is 0 Å². The highest BCUT2D eigenvalue weighted by atomic mass is 16.5. The number of rotatable bonds is 6. The minimum absolute atomic E-state index is 0.0942. The molecule has 2 aliphatic rings. The van der Waals surface area contributed by atoms with E-state index in [4.69, 9.17) is 4.74 Å². The average molecular weight is 372 g/mol. The zero-order valence-corrected chi connectivity index (χ0v) is 15.7. The second-order valence-corrected chi connectivity index (χ2v) is 7.81. The first-order valence-electron chi connectivity index (χ1n) is 9.69. The van der Waals surface area contributed by atoms with E-state index < -0.39 is 5.60 Å². The predicted octanol–water partition coefficient (Wildman–Crippen LogP) is 2.53. The number of benzene rings is 1. The van der Waals surface area contributed by atoms with E-state index >= 15 is 0 Å². The minimum atomic E-state index is -0.819. The van der Waals surface area contributed by atoms with E-state index in [2.05, 4.69) is 4.90 Å². The quantitative estimate of drug-likeness (QED) is 0.726. The highest BCUT2D eigenvalue weighted by Crippen LogP contribution is 2.53. The Kier molecular flexibility index (Phi) is 4.78. The molecule has 27 heavy (non-hydrogen) atoms. The summed E-state index contributed by atoms with van der Waals surface area (Å²) in [7, 11) is 1.66. The Labute approximate surface area is 159 Å². The van der Waals surface area contributed by atoms with Gasteiger partial charge in [-0.15, -0.1) is 0 Å². The second-order valence-electron chi connectivity index (χ2n) is 7.81. The van der Waals surface area contributed by atoms with Gasteiger partial charge in [0.05, 0.1) is 7.11 Å². The molecule has 1 saturated carbocycles. The van der Waals surface area contributed by atoms with Crippen molar-refractivity contribution < 1.29 is 20.1 Å². The van der Waals surface area contributed by atoms with Crippen LogP contribution >= 0.6 is 0 Å². The Bertz CT molecular complexity index is 770. The number of aliphatic hydroxyl groups is 1. The van der Waals surface area contributed by atoms with Crippen molar-refractivity contribution >= 4 is 0 Å². The van der Waals surface area contributed by atoms with Crippen LogP contribution < -0.4 is 4.74 Å². The Hall–Kier alpha value is -2.18. The number of para-hydroxylation sites is 1. The van der Waals surface area contributed by atoms with E-state index in [0.717, 1.165) is 50.2 Å². The predicted molar refractivity (Wildman–Crippen MR) is 102 cm³/mol. The summed E-state index contributed by atoms with van der Waals surface area (Å²) in [6.07, 6.45) is 2.88. The maximum Gasteiger partial charge on any atom is 0.193 e. The molecule has 0 radical (unpaired) electrons. The van der Waals surface area contributed by atoms with Crippen LogP contribution in [-0.2, 0) is 12.1 Å². The molecule has 6 heteroatoms. The third-order valence-corrected chi connectivity index (χ3v) is 6.39. The molecule has 2 fully saturated rings. The van der Waals surface area contributed by atoms with Crippen LogP contribution in [0.2, 0.25) is 0 Å². The van der Waals surface area contributed by atoms with Crippen molar-refractivity contribution in [3.63, 3.8) is 0 Å². The maximum absolute atomic E-state index is 11.6. The lowest BCUT2D eigenvalue weighted by molar-refractivity contribution is -0.0910. The molecule has 6 nitrogen and oxygen atoms in total. The molecule has 1 aromatic heterocycles. The van der Waals surface area contributed by atoms with E-state index in [-0.39, 0.29) is 23.6 Å². The van der Waals surface area contributed by atoms with Crippen molar-refractivity contribution in [3.8, 4) is 17.5 Å². The van der Waals surface area contributed by atoms with Crippen molar-refractivity contribution in [2.75, 3.05) is 26.7 Å². The molecular weight excluding hydrogens is 344 g/mol. The Morgan fingerprint density at radius 1 is 1.00 bits per heavy atom. The molecule has 1 aliphatic carbocycles. The summed E-state index contributed by atoms with van der Waals surface area (Å²) in [5.74, 6) is 1.35. The van der Waals surface area contributed by atoms with Crippen molar-refractivity contribution in [1.29, 1.82) is 0 Å². The SMILES string of the molecule is COc1ccccc1C1(O)C2CCC1CN(CCCn1c(O)ccc1O)C2. The molecular formula is C21H28N2O4. The van der Waals surface area contributed by atoms with Crippen LogP contribution in [0.5, 0.6) is 17.5 Å². The van der Waals surface area contributed by atoms with Crippen molar-refractivity contribution in [2.45, 2.75) is 31.4 Å². The lowest BCUT2D eigenvalue weighted by Gasteiger charge is -2.45. The second kappa shape index (κ2) is 7.09. The Morgan fingerprint density at radius 3 is 2.26 bits per heavy atom. The molecule has 1 aromatic carbocycles. The Balaban J connectivity index is 1.43. The minimum Gasteiger partial charge on any atom is -0.496 e. The highest BCUT2D eigenvalue weighted by molar-refractivity contribution is 5.40. The first-order chi connectivity index (χ1) is 13.0. The van der Waals surface area contributed by atoms with Gasteiger partial charge in [0.2, 0.25) is 0 Å². The normalized spacial score (nSPS) is 27.8. The van der Waals surface area contributed by atoms with Gasteiger partial charge in [-0.05, 0) is 31.9 Å². The van der Waals surface area contributed by atoms with Gasteiger partial charge in [0, 0.05) is 49.2 Å². The lowest BCUT2D eigenvalue weighted by Crippen LogP contribution is -2.52. The van der Waals surface area contributed by atoms with Gasteiger partial charge in [-0.2, -0.15) is 0 Å². The standard InChI is InChI=1S/C21H28N2O4/c1-27-18-6-3-2-5-17(18)21(26)15-7-8-16(21)14-22(13-15)11-4-12-23-19(24)9-10-20(23)25/h2-3,5-6,9-10,15-16,24-26H,4,7-8,11-14H2,1H3. The number of hydrogen-bond acceptors (Lipinski definition) is 5. The summed E-state index contributed by atoms with van der Waals surface area (Å²) >= 11 is 0. The van der Waals surface area contributed by atoms with Gasteiger partial charge < -0.3 is 25.0 Å². The van der Waals surface area contributed by atoms with Crippen LogP contribution in [0.15, 0.2) is 36.4 Å². The number of aromatic nitrogens is 1. The van der Waals surface area contributed by atoms with Crippen molar-refractivity contribution in [1.82, 2.24) is 9.47 Å². The number of aromatic hydroxyl groups is 2. The number of ether oxygens (including phenoxy) is 1. The summed E-state index contributed by atoms with van der Waals surface area (Å²) in [4.78, 5) is 2.41. The molecule has 2 bridgehead atoms. The smallest absolute Gasteiger partial charge is 0.193 e. The van der Waals surface area contributed by atoms with Gasteiger partial charge in [-0.25, -0.2) is 0 Å².